The van der Waals surface area contributed by atoms with Crippen LogP contribution in [0.25, 0.3) is 0 Å². The topological polar surface area (TPSA) is 73.8 Å². The van der Waals surface area contributed by atoms with Crippen molar-refractivity contribution in [3.05, 3.63) is 65.5 Å². The van der Waals surface area contributed by atoms with Crippen LogP contribution in [-0.2, 0) is 4.79 Å². The Morgan fingerprint density at radius 3 is 2.34 bits per heavy atom. The van der Waals surface area contributed by atoms with Crippen LogP contribution < -0.4 is 15.5 Å². The van der Waals surface area contributed by atoms with Crippen LogP contribution in [0.15, 0.2) is 53.5 Å². The van der Waals surface area contributed by atoms with Gasteiger partial charge in [-0.25, -0.2) is 14.2 Å². The number of likely N-dealkylation sites (N-methyl/N-ethyl adjacent to an activating group) is 1. The second-order valence-corrected chi connectivity index (χ2v) is 9.33. The molecule has 2 aliphatic rings. The number of benzodiazepines with no additional fused rings is 1. The molecule has 3 amide bonds. The number of rotatable bonds is 3. The summed E-state index contributed by atoms with van der Waals surface area (Å²) in [6.07, 6.45) is 2.70. The van der Waals surface area contributed by atoms with Gasteiger partial charge in [0.05, 0.1) is 11.4 Å². The maximum absolute atomic E-state index is 14.7. The molecular formula is C25H29FN4O2. The molecule has 32 heavy (non-hydrogen) atoms. The number of aliphatic imine (C=N–C) groups is 1. The highest BCUT2D eigenvalue weighted by molar-refractivity contribution is 6.20. The highest BCUT2D eigenvalue weighted by Crippen LogP contribution is 2.35. The molecular weight excluding hydrogens is 407 g/mol. The molecule has 0 bridgehead atoms. The molecule has 0 saturated heterocycles. The van der Waals surface area contributed by atoms with Gasteiger partial charge in [-0.15, -0.1) is 0 Å². The quantitative estimate of drug-likeness (QED) is 0.756. The number of benzene rings is 2. The number of anilines is 1. The van der Waals surface area contributed by atoms with Crippen LogP contribution >= 0.6 is 0 Å². The molecule has 1 aliphatic heterocycles. The first-order valence-electron chi connectivity index (χ1n) is 11.0. The van der Waals surface area contributed by atoms with Crippen molar-refractivity contribution >= 4 is 23.3 Å². The summed E-state index contributed by atoms with van der Waals surface area (Å²) >= 11 is 0. The lowest BCUT2D eigenvalue weighted by atomic mass is 9.76. The van der Waals surface area contributed by atoms with Crippen LogP contribution in [0.4, 0.5) is 14.9 Å². The van der Waals surface area contributed by atoms with Gasteiger partial charge in [-0.1, -0.05) is 44.2 Å². The molecule has 1 aliphatic carbocycles. The number of nitrogens with zero attached hydrogens (tertiary/aromatic N) is 2. The molecule has 2 aromatic rings. The SMILES string of the molecule is CN1C(=O)C(NC(=O)NC2CCC(C)(C)CC2)N=C(c2ccccc2F)c2ccccc21. The molecule has 2 aromatic carbocycles. The summed E-state index contributed by atoms with van der Waals surface area (Å²) in [6.45, 7) is 4.47. The minimum Gasteiger partial charge on any atom is -0.335 e. The van der Waals surface area contributed by atoms with Crippen molar-refractivity contribution in [2.24, 2.45) is 10.4 Å². The largest absolute Gasteiger partial charge is 0.335 e. The molecule has 168 valence electrons. The Hall–Kier alpha value is -3.22. The Balaban J connectivity index is 1.62. The number of nitrogens with one attached hydrogen (secondary N) is 2. The summed E-state index contributed by atoms with van der Waals surface area (Å²) < 4.78 is 14.7. The van der Waals surface area contributed by atoms with Crippen LogP contribution in [0.1, 0.15) is 50.7 Å². The van der Waals surface area contributed by atoms with Crippen molar-refractivity contribution in [2.45, 2.75) is 51.7 Å². The lowest BCUT2D eigenvalue weighted by Gasteiger charge is -2.34. The van der Waals surface area contributed by atoms with Crippen molar-refractivity contribution < 1.29 is 14.0 Å². The smallest absolute Gasteiger partial charge is 0.317 e. The predicted molar refractivity (Wildman–Crippen MR) is 123 cm³/mol. The zero-order valence-corrected chi connectivity index (χ0v) is 18.7. The number of hydrogen-bond donors (Lipinski definition) is 2. The third-order valence-corrected chi connectivity index (χ3v) is 6.41. The molecule has 1 fully saturated rings. The van der Waals surface area contributed by atoms with Crippen LogP contribution in [0.3, 0.4) is 0 Å². The second-order valence-electron chi connectivity index (χ2n) is 9.33. The summed E-state index contributed by atoms with van der Waals surface area (Å²) in [5, 5.41) is 5.69. The zero-order chi connectivity index (χ0) is 22.9. The minimum absolute atomic E-state index is 0.0637. The number of fused-ring (bicyclic) bond motifs is 1. The third kappa shape index (κ3) is 4.52. The molecule has 0 aromatic heterocycles. The lowest BCUT2D eigenvalue weighted by Crippen LogP contribution is -2.52. The maximum Gasteiger partial charge on any atom is 0.317 e. The lowest BCUT2D eigenvalue weighted by molar-refractivity contribution is -0.119. The van der Waals surface area contributed by atoms with E-state index in [2.05, 4.69) is 29.5 Å². The van der Waals surface area contributed by atoms with Crippen LogP contribution in [0, 0.1) is 11.2 Å². The Labute approximate surface area is 187 Å². The van der Waals surface area contributed by atoms with Crippen molar-refractivity contribution in [3.63, 3.8) is 0 Å². The van der Waals surface area contributed by atoms with Crippen LogP contribution in [0.2, 0.25) is 0 Å². The average Bonchev–Trinajstić information content (AvgIpc) is 2.87. The Morgan fingerprint density at radius 1 is 1.03 bits per heavy atom. The van der Waals surface area contributed by atoms with Gasteiger partial charge >= 0.3 is 6.03 Å². The third-order valence-electron chi connectivity index (χ3n) is 6.41. The van der Waals surface area contributed by atoms with Gasteiger partial charge in [0.1, 0.15) is 5.82 Å². The van der Waals surface area contributed by atoms with Gasteiger partial charge in [-0.2, -0.15) is 0 Å². The van der Waals surface area contributed by atoms with E-state index in [1.807, 2.05) is 12.1 Å². The molecule has 0 radical (unpaired) electrons. The monoisotopic (exact) mass is 436 g/mol. The Bertz CT molecular complexity index is 1060. The number of carbonyl (C=O) groups excluding carboxylic acids is 2. The van der Waals surface area contributed by atoms with Crippen molar-refractivity contribution in [1.29, 1.82) is 0 Å². The van der Waals surface area contributed by atoms with E-state index in [9.17, 15) is 14.0 Å². The van der Waals surface area contributed by atoms with Crippen molar-refractivity contribution in [3.8, 4) is 0 Å². The van der Waals surface area contributed by atoms with Gasteiger partial charge in [0.25, 0.3) is 5.91 Å². The highest BCUT2D eigenvalue weighted by Gasteiger charge is 2.33. The average molecular weight is 437 g/mol. The van der Waals surface area contributed by atoms with Gasteiger partial charge in [-0.05, 0) is 49.3 Å². The molecule has 0 spiro atoms. The van der Waals surface area contributed by atoms with E-state index in [1.165, 1.54) is 11.0 Å². The number of urea groups is 1. The maximum atomic E-state index is 14.7. The Kier molecular flexibility index (Phi) is 6.00. The fourth-order valence-electron chi connectivity index (χ4n) is 4.38. The number of halogens is 1. The fourth-order valence-corrected chi connectivity index (χ4v) is 4.38. The zero-order valence-electron chi connectivity index (χ0n) is 18.7. The van der Waals surface area contributed by atoms with Gasteiger partial charge in [-0.3, -0.25) is 4.79 Å². The number of hydrogen-bond acceptors (Lipinski definition) is 3. The summed E-state index contributed by atoms with van der Waals surface area (Å²) in [6, 6.07) is 13.2. The van der Waals surface area contributed by atoms with E-state index in [1.54, 1.807) is 37.4 Å². The van der Waals surface area contributed by atoms with Gasteiger partial charge in [0, 0.05) is 24.2 Å². The summed E-state index contributed by atoms with van der Waals surface area (Å²) in [5.74, 6) is -0.824. The molecule has 1 heterocycles. The molecule has 7 heteroatoms. The van der Waals surface area contributed by atoms with E-state index < -0.39 is 18.0 Å². The summed E-state index contributed by atoms with van der Waals surface area (Å²) in [5.41, 5.74) is 2.15. The van der Waals surface area contributed by atoms with Gasteiger partial charge < -0.3 is 15.5 Å². The second kappa shape index (κ2) is 8.73. The van der Waals surface area contributed by atoms with E-state index in [4.69, 9.17) is 0 Å². The van der Waals surface area contributed by atoms with Crippen molar-refractivity contribution in [1.82, 2.24) is 10.6 Å². The minimum atomic E-state index is -1.16. The number of carbonyl (C=O) groups is 2. The normalized spacial score (nSPS) is 20.8. The first kappa shape index (κ1) is 22.0. The van der Waals surface area contributed by atoms with E-state index >= 15 is 0 Å². The Morgan fingerprint density at radius 2 is 1.66 bits per heavy atom. The fraction of sp³-hybridized carbons (Fsp3) is 0.400. The van der Waals surface area contributed by atoms with Crippen LogP contribution in [0.5, 0.6) is 0 Å². The van der Waals surface area contributed by atoms with Gasteiger partial charge in [0.2, 0.25) is 6.17 Å². The first-order chi connectivity index (χ1) is 15.2. The molecule has 2 N–H and O–H groups in total. The molecule has 1 saturated carbocycles. The number of para-hydroxylation sites is 1. The summed E-state index contributed by atoms with van der Waals surface area (Å²) in [7, 11) is 1.64. The molecule has 6 nitrogen and oxygen atoms in total. The van der Waals surface area contributed by atoms with Crippen LogP contribution in [-0.4, -0.2) is 36.9 Å². The molecule has 1 unspecified atom stereocenters. The highest BCUT2D eigenvalue weighted by atomic mass is 19.1. The van der Waals surface area contributed by atoms with E-state index in [0.29, 0.717) is 22.4 Å². The number of amides is 3. The van der Waals surface area contributed by atoms with Gasteiger partial charge in [0.15, 0.2) is 0 Å². The molecule has 4 rings (SSSR count). The molecule has 1 atom stereocenters. The van der Waals surface area contributed by atoms with Crippen molar-refractivity contribution in [2.75, 3.05) is 11.9 Å². The van der Waals surface area contributed by atoms with E-state index in [-0.39, 0.29) is 17.5 Å². The first-order valence-corrected chi connectivity index (χ1v) is 11.0. The summed E-state index contributed by atoms with van der Waals surface area (Å²) in [4.78, 5) is 31.9. The standard InChI is InChI=1S/C25H29FN4O2/c1-25(2)14-12-16(13-15-25)27-24(32)29-22-23(31)30(3)20-11-7-5-9-18(20)21(28-22)17-8-4-6-10-19(17)26/h4-11,16,22H,12-15H2,1-3H3,(H2,27,29,32). The van der Waals surface area contributed by atoms with E-state index in [0.717, 1.165) is 25.7 Å². The predicted octanol–water partition coefficient (Wildman–Crippen LogP) is 4.23.